The molecular formula is C13H21N3. The smallest absolute Gasteiger partial charge is 0.0951 e. The average Bonchev–Trinajstić information content (AvgIpc) is 3.18. The molecule has 3 rings (SSSR count). The Labute approximate surface area is 97.3 Å². The Morgan fingerprint density at radius 2 is 2.25 bits per heavy atom. The van der Waals surface area contributed by atoms with E-state index in [1.807, 2.05) is 12.5 Å². The van der Waals surface area contributed by atoms with Gasteiger partial charge < -0.3 is 9.88 Å². The Hall–Kier alpha value is -0.830. The molecule has 88 valence electrons. The molecule has 1 N–H and O–H groups in total. The summed E-state index contributed by atoms with van der Waals surface area (Å²) < 4.78 is 2.35. The molecule has 2 saturated carbocycles. The van der Waals surface area contributed by atoms with E-state index in [2.05, 4.69) is 21.8 Å². The fourth-order valence-electron chi connectivity index (χ4n) is 2.35. The summed E-state index contributed by atoms with van der Waals surface area (Å²) in [5.41, 5.74) is 1.35. The van der Waals surface area contributed by atoms with Crippen LogP contribution in [0.25, 0.3) is 0 Å². The molecule has 0 amide bonds. The zero-order valence-electron chi connectivity index (χ0n) is 10.0. The molecule has 1 aromatic rings. The summed E-state index contributed by atoms with van der Waals surface area (Å²) in [5.74, 6) is 0.988. The lowest BCUT2D eigenvalue weighted by Crippen LogP contribution is -2.19. The van der Waals surface area contributed by atoms with Crippen molar-refractivity contribution in [2.45, 2.75) is 57.7 Å². The molecule has 0 aliphatic heterocycles. The summed E-state index contributed by atoms with van der Waals surface area (Å²) in [6, 6.07) is 1.40. The second kappa shape index (κ2) is 4.21. The number of rotatable bonds is 6. The summed E-state index contributed by atoms with van der Waals surface area (Å²) in [6.07, 6.45) is 10.9. The minimum Gasteiger partial charge on any atom is -0.331 e. The largest absolute Gasteiger partial charge is 0.331 e. The van der Waals surface area contributed by atoms with E-state index in [1.165, 1.54) is 37.8 Å². The van der Waals surface area contributed by atoms with Gasteiger partial charge in [0, 0.05) is 24.8 Å². The second-order valence-corrected chi connectivity index (χ2v) is 5.48. The topological polar surface area (TPSA) is 29.9 Å². The lowest BCUT2D eigenvalue weighted by atomic mass is 10.1. The SMILES string of the molecule is CC(CC1CC1)n1cncc1CNC1CC1. The van der Waals surface area contributed by atoms with Crippen molar-refractivity contribution in [3.8, 4) is 0 Å². The number of nitrogens with one attached hydrogen (secondary N) is 1. The van der Waals surface area contributed by atoms with Crippen LogP contribution in [-0.4, -0.2) is 15.6 Å². The van der Waals surface area contributed by atoms with E-state index in [9.17, 15) is 0 Å². The molecule has 2 aliphatic carbocycles. The Kier molecular flexibility index (Phi) is 2.72. The van der Waals surface area contributed by atoms with Crippen LogP contribution in [0.15, 0.2) is 12.5 Å². The molecule has 3 nitrogen and oxygen atoms in total. The highest BCUT2D eigenvalue weighted by atomic mass is 15.1. The van der Waals surface area contributed by atoms with Crippen molar-refractivity contribution in [1.82, 2.24) is 14.9 Å². The van der Waals surface area contributed by atoms with Crippen LogP contribution in [0.4, 0.5) is 0 Å². The number of nitrogens with zero attached hydrogens (tertiary/aromatic N) is 2. The molecule has 1 heterocycles. The first-order valence-corrected chi connectivity index (χ1v) is 6.57. The maximum atomic E-state index is 4.29. The van der Waals surface area contributed by atoms with E-state index in [4.69, 9.17) is 0 Å². The van der Waals surface area contributed by atoms with Crippen LogP contribution in [-0.2, 0) is 6.54 Å². The van der Waals surface area contributed by atoms with E-state index in [-0.39, 0.29) is 0 Å². The first kappa shape index (κ1) is 10.3. The summed E-state index contributed by atoms with van der Waals surface area (Å²) in [7, 11) is 0. The third-order valence-corrected chi connectivity index (χ3v) is 3.74. The van der Waals surface area contributed by atoms with Gasteiger partial charge in [0.2, 0.25) is 0 Å². The van der Waals surface area contributed by atoms with Crippen LogP contribution in [0.5, 0.6) is 0 Å². The van der Waals surface area contributed by atoms with Crippen molar-refractivity contribution in [3.05, 3.63) is 18.2 Å². The van der Waals surface area contributed by atoms with Gasteiger partial charge in [0.25, 0.3) is 0 Å². The number of aromatic nitrogens is 2. The van der Waals surface area contributed by atoms with E-state index in [1.54, 1.807) is 0 Å². The van der Waals surface area contributed by atoms with Crippen LogP contribution in [0.3, 0.4) is 0 Å². The van der Waals surface area contributed by atoms with Gasteiger partial charge in [-0.2, -0.15) is 0 Å². The Balaban J connectivity index is 1.60. The second-order valence-electron chi connectivity index (χ2n) is 5.48. The van der Waals surface area contributed by atoms with Crippen molar-refractivity contribution in [2.24, 2.45) is 5.92 Å². The van der Waals surface area contributed by atoms with Gasteiger partial charge in [0.1, 0.15) is 0 Å². The zero-order chi connectivity index (χ0) is 11.0. The normalized spacial score (nSPS) is 22.3. The molecule has 16 heavy (non-hydrogen) atoms. The quantitative estimate of drug-likeness (QED) is 0.796. The van der Waals surface area contributed by atoms with Crippen molar-refractivity contribution in [2.75, 3.05) is 0 Å². The van der Waals surface area contributed by atoms with Crippen LogP contribution in [0.1, 0.15) is 50.8 Å². The number of imidazole rings is 1. The van der Waals surface area contributed by atoms with E-state index >= 15 is 0 Å². The van der Waals surface area contributed by atoms with Gasteiger partial charge in [-0.3, -0.25) is 0 Å². The Bertz CT molecular complexity index is 350. The van der Waals surface area contributed by atoms with Crippen molar-refractivity contribution in [3.63, 3.8) is 0 Å². The van der Waals surface area contributed by atoms with Crippen molar-refractivity contribution < 1.29 is 0 Å². The molecule has 2 fully saturated rings. The van der Waals surface area contributed by atoms with Crippen LogP contribution >= 0.6 is 0 Å². The Morgan fingerprint density at radius 1 is 1.44 bits per heavy atom. The number of hydrogen-bond acceptors (Lipinski definition) is 2. The van der Waals surface area contributed by atoms with Crippen LogP contribution in [0.2, 0.25) is 0 Å². The van der Waals surface area contributed by atoms with Gasteiger partial charge in [0.15, 0.2) is 0 Å². The van der Waals surface area contributed by atoms with Crippen LogP contribution in [0, 0.1) is 5.92 Å². The highest BCUT2D eigenvalue weighted by Gasteiger charge is 2.25. The van der Waals surface area contributed by atoms with Crippen LogP contribution < -0.4 is 5.32 Å². The molecular weight excluding hydrogens is 198 g/mol. The van der Waals surface area contributed by atoms with Gasteiger partial charge >= 0.3 is 0 Å². The molecule has 1 unspecified atom stereocenters. The summed E-state index contributed by atoms with van der Waals surface area (Å²) in [6.45, 7) is 3.31. The highest BCUT2D eigenvalue weighted by Crippen LogP contribution is 2.36. The van der Waals surface area contributed by atoms with Gasteiger partial charge in [-0.05, 0) is 32.1 Å². The third kappa shape index (κ3) is 2.46. The van der Waals surface area contributed by atoms with E-state index in [0.717, 1.165) is 18.5 Å². The van der Waals surface area contributed by atoms with Crippen molar-refractivity contribution in [1.29, 1.82) is 0 Å². The fourth-order valence-corrected chi connectivity index (χ4v) is 2.35. The maximum absolute atomic E-state index is 4.29. The molecule has 0 radical (unpaired) electrons. The zero-order valence-corrected chi connectivity index (χ0v) is 10.0. The maximum Gasteiger partial charge on any atom is 0.0951 e. The Morgan fingerprint density at radius 3 is 2.94 bits per heavy atom. The summed E-state index contributed by atoms with van der Waals surface area (Å²) in [5, 5.41) is 3.56. The molecule has 0 bridgehead atoms. The molecule has 1 atom stereocenters. The predicted molar refractivity (Wildman–Crippen MR) is 64.1 cm³/mol. The van der Waals surface area contributed by atoms with Gasteiger partial charge in [-0.15, -0.1) is 0 Å². The predicted octanol–water partition coefficient (Wildman–Crippen LogP) is 2.50. The van der Waals surface area contributed by atoms with Gasteiger partial charge in [-0.25, -0.2) is 4.98 Å². The standard InChI is InChI=1S/C13H21N3/c1-10(6-11-2-3-11)16-9-14-7-13(16)8-15-12-4-5-12/h7,9-12,15H,2-6,8H2,1H3. The molecule has 2 aliphatic rings. The monoisotopic (exact) mass is 219 g/mol. The molecule has 1 aromatic heterocycles. The summed E-state index contributed by atoms with van der Waals surface area (Å²) in [4.78, 5) is 4.29. The molecule has 0 saturated heterocycles. The highest BCUT2D eigenvalue weighted by molar-refractivity contribution is 5.01. The minimum absolute atomic E-state index is 0.617. The molecule has 0 aromatic carbocycles. The fraction of sp³-hybridized carbons (Fsp3) is 0.769. The average molecular weight is 219 g/mol. The first-order chi connectivity index (χ1) is 7.83. The molecule has 0 spiro atoms. The van der Waals surface area contributed by atoms with Crippen molar-refractivity contribution >= 4 is 0 Å². The van der Waals surface area contributed by atoms with Gasteiger partial charge in [0.05, 0.1) is 12.0 Å². The molecule has 3 heteroatoms. The summed E-state index contributed by atoms with van der Waals surface area (Å²) >= 11 is 0. The third-order valence-electron chi connectivity index (χ3n) is 3.74. The lowest BCUT2D eigenvalue weighted by molar-refractivity contribution is 0.456. The lowest BCUT2D eigenvalue weighted by Gasteiger charge is -2.16. The number of hydrogen-bond donors (Lipinski definition) is 1. The van der Waals surface area contributed by atoms with E-state index < -0.39 is 0 Å². The van der Waals surface area contributed by atoms with Gasteiger partial charge in [-0.1, -0.05) is 12.8 Å². The van der Waals surface area contributed by atoms with E-state index in [0.29, 0.717) is 6.04 Å². The first-order valence-electron chi connectivity index (χ1n) is 6.57. The minimum atomic E-state index is 0.617.